The highest BCUT2D eigenvalue weighted by Gasteiger charge is 2.58. The van der Waals surface area contributed by atoms with Gasteiger partial charge >= 0.3 is 5.97 Å². The van der Waals surface area contributed by atoms with Crippen molar-refractivity contribution < 1.29 is 58.7 Å². The number of rotatable bonds is 10. The van der Waals surface area contributed by atoms with Crippen molar-refractivity contribution >= 4 is 17.7 Å². The lowest BCUT2D eigenvalue weighted by Gasteiger charge is -2.53. The Morgan fingerprint density at radius 3 is 2.21 bits per heavy atom. The topological polar surface area (TPSA) is 186 Å². The average molecular weight is 780 g/mol. The van der Waals surface area contributed by atoms with Crippen LogP contribution in [0, 0.1) is 17.8 Å². The molecule has 0 aromatic carbocycles. The molecule has 0 aliphatic carbocycles. The van der Waals surface area contributed by atoms with Crippen LogP contribution < -0.4 is 5.32 Å². The van der Waals surface area contributed by atoms with Crippen LogP contribution in [0.5, 0.6) is 0 Å². The van der Waals surface area contributed by atoms with Gasteiger partial charge in [-0.25, -0.2) is 0 Å². The molecule has 0 saturated carbocycles. The van der Waals surface area contributed by atoms with Crippen LogP contribution in [0.25, 0.3) is 0 Å². The highest BCUT2D eigenvalue weighted by Crippen LogP contribution is 2.44. The van der Waals surface area contributed by atoms with Crippen molar-refractivity contribution in [2.24, 2.45) is 17.8 Å². The van der Waals surface area contributed by atoms with E-state index in [2.05, 4.69) is 12.2 Å². The second-order valence-electron chi connectivity index (χ2n) is 17.0. The van der Waals surface area contributed by atoms with E-state index in [4.69, 9.17) is 28.4 Å². The van der Waals surface area contributed by atoms with Crippen molar-refractivity contribution in [1.82, 2.24) is 5.32 Å². The molecule has 53 heavy (non-hydrogen) atoms. The van der Waals surface area contributed by atoms with Crippen LogP contribution in [0.15, 0.2) is 0 Å². The predicted octanol–water partition coefficient (Wildman–Crippen LogP) is 3.53. The molecule has 0 radical (unpaired) electrons. The molecule has 0 spiro atoms. The highest BCUT2D eigenvalue weighted by molar-refractivity contribution is 7.99. The second kappa shape index (κ2) is 19.2. The molecule has 0 unspecified atom stereocenters. The summed E-state index contributed by atoms with van der Waals surface area (Å²) in [4.78, 5) is 14.2. The molecule has 14 heteroatoms. The van der Waals surface area contributed by atoms with Gasteiger partial charge in [-0.1, -0.05) is 27.7 Å². The van der Waals surface area contributed by atoms with Crippen molar-refractivity contribution in [3.8, 4) is 0 Å². The van der Waals surface area contributed by atoms with E-state index in [0.29, 0.717) is 25.1 Å². The Morgan fingerprint density at radius 2 is 1.60 bits per heavy atom. The van der Waals surface area contributed by atoms with Gasteiger partial charge < -0.3 is 59.3 Å². The molecule has 3 saturated heterocycles. The summed E-state index contributed by atoms with van der Waals surface area (Å²) < 4.78 is 37.9. The molecule has 3 aliphatic heterocycles. The van der Waals surface area contributed by atoms with Crippen LogP contribution in [0.1, 0.15) is 115 Å². The maximum Gasteiger partial charge on any atom is 0.311 e. The van der Waals surface area contributed by atoms with Gasteiger partial charge in [0.2, 0.25) is 0 Å². The van der Waals surface area contributed by atoms with Crippen LogP contribution in [-0.4, -0.2) is 140 Å². The Kier molecular flexibility index (Phi) is 17.0. The van der Waals surface area contributed by atoms with Crippen molar-refractivity contribution in [2.75, 3.05) is 25.2 Å². The Balaban J connectivity index is 2.12. The fourth-order valence-corrected chi connectivity index (χ4v) is 9.74. The lowest BCUT2D eigenvalue weighted by Crippen LogP contribution is -2.68. The van der Waals surface area contributed by atoms with E-state index in [1.54, 1.807) is 53.5 Å². The Labute approximate surface area is 322 Å². The minimum Gasteiger partial charge on any atom is -0.459 e. The van der Waals surface area contributed by atoms with Gasteiger partial charge in [0.1, 0.15) is 35.1 Å². The zero-order valence-corrected chi connectivity index (χ0v) is 35.2. The van der Waals surface area contributed by atoms with E-state index in [1.165, 1.54) is 6.92 Å². The number of aliphatic hydroxyl groups is 5. The summed E-state index contributed by atoms with van der Waals surface area (Å²) in [7, 11) is 1.55. The minimum atomic E-state index is -1.80. The first kappa shape index (κ1) is 46.8. The Morgan fingerprint density at radius 1 is 0.943 bits per heavy atom. The third kappa shape index (κ3) is 10.9. The van der Waals surface area contributed by atoms with Crippen LogP contribution in [0.2, 0.25) is 0 Å². The summed E-state index contributed by atoms with van der Waals surface area (Å²) in [5.74, 6) is -1.31. The second-order valence-corrected chi connectivity index (χ2v) is 18.1. The molecule has 3 rings (SSSR count). The monoisotopic (exact) mass is 779 g/mol. The number of ether oxygens (including phenoxy) is 6. The van der Waals surface area contributed by atoms with E-state index in [0.717, 1.165) is 12.2 Å². The lowest BCUT2D eigenvalue weighted by molar-refractivity contribution is -0.332. The summed E-state index contributed by atoms with van der Waals surface area (Å²) in [6.07, 6.45) is -5.55. The fraction of sp³-hybridized carbons (Fsp3) is 0.974. The van der Waals surface area contributed by atoms with Crippen LogP contribution in [0.4, 0.5) is 0 Å². The summed E-state index contributed by atoms with van der Waals surface area (Å²) in [5, 5.41) is 61.6. The van der Waals surface area contributed by atoms with Gasteiger partial charge in [0.25, 0.3) is 0 Å². The smallest absolute Gasteiger partial charge is 0.311 e. The number of carbonyl (C=O) groups excluding carboxylic acids is 1. The van der Waals surface area contributed by atoms with Crippen LogP contribution in [0.3, 0.4) is 0 Å². The number of nitrogens with one attached hydrogen (secondary N) is 1. The van der Waals surface area contributed by atoms with Gasteiger partial charge in [0, 0.05) is 31.2 Å². The first-order chi connectivity index (χ1) is 24.6. The normalized spacial score (nSPS) is 48.4. The molecule has 0 aromatic rings. The maximum absolute atomic E-state index is 14.2. The summed E-state index contributed by atoms with van der Waals surface area (Å²) in [5.41, 5.74) is -5.76. The van der Waals surface area contributed by atoms with Crippen molar-refractivity contribution in [3.05, 3.63) is 0 Å². The zero-order valence-electron chi connectivity index (χ0n) is 34.4. The Bertz CT molecular complexity index is 1150. The molecule has 0 amide bonds. The first-order valence-electron chi connectivity index (χ1n) is 19.8. The number of methoxy groups -OCH3 is 1. The molecule has 3 aliphatic rings. The standard InChI is InChI=1S/C39H73NO12S/c1-13-17-53-21-39(46)27(8)49-30(19-37(39,10)47-12)51-31-24(5)33(52-35-28(41)16-15-23(4)48-35)36(9,44)18-22(3)20-40-26(7)32(42)38(11,45)29(14-2)50-34(43)25(31)6/h22-33,35,40-42,44-46H,13-21H2,1-12H3/t22-,23-,24+,25-,26-,27+,28-,29-,30+,31+,32-,33-,35+,36-,37-,38-,39+/m1/s1. The molecule has 3 fully saturated rings. The molecule has 3 heterocycles. The quantitative estimate of drug-likeness (QED) is 0.140. The molecule has 0 bridgehead atoms. The third-order valence-corrected chi connectivity index (χ3v) is 13.5. The van der Waals surface area contributed by atoms with E-state index >= 15 is 0 Å². The van der Waals surface area contributed by atoms with E-state index < -0.39 is 95.5 Å². The number of carbonyl (C=O) groups is 1. The van der Waals surface area contributed by atoms with Gasteiger partial charge in [-0.05, 0) is 98.8 Å². The van der Waals surface area contributed by atoms with Gasteiger partial charge in [-0.2, -0.15) is 11.8 Å². The lowest BCUT2D eigenvalue weighted by atomic mass is 9.76. The molecule has 312 valence electrons. The van der Waals surface area contributed by atoms with Gasteiger partial charge in [0.05, 0.1) is 35.9 Å². The number of cyclic esters (lactones) is 1. The fourth-order valence-electron chi connectivity index (χ4n) is 8.46. The summed E-state index contributed by atoms with van der Waals surface area (Å²) >= 11 is 1.62. The first-order valence-corrected chi connectivity index (χ1v) is 21.0. The molecule has 13 nitrogen and oxygen atoms in total. The van der Waals surface area contributed by atoms with E-state index in [9.17, 15) is 30.3 Å². The average Bonchev–Trinajstić information content (AvgIpc) is 3.09. The molecule has 6 N–H and O–H groups in total. The predicted molar refractivity (Wildman–Crippen MR) is 203 cm³/mol. The SMILES string of the molecule is CCCSC[C@]1(O)[C@H](C)O[C@@H](O[C@H]2[C@H](C)[C@@H](O[C@@H]3O[C@H](C)CC[C@H]3O)[C@](C)(O)C[C@@H](C)CN[C@H](C)[C@@H](O)[C@](C)(O)[C@@H](CC)OC(=O)[C@@H]2C)C[C@@]1(C)OC. The minimum absolute atomic E-state index is 0.130. The summed E-state index contributed by atoms with van der Waals surface area (Å²) in [6, 6.07) is -0.582. The van der Waals surface area contributed by atoms with Crippen LogP contribution >= 0.6 is 11.8 Å². The van der Waals surface area contributed by atoms with Gasteiger partial charge in [-0.3, -0.25) is 4.79 Å². The maximum atomic E-state index is 14.2. The Hall–Kier alpha value is -0.620. The van der Waals surface area contributed by atoms with E-state index in [1.807, 2.05) is 27.7 Å². The van der Waals surface area contributed by atoms with Crippen molar-refractivity contribution in [1.29, 1.82) is 0 Å². The number of hydrogen-bond donors (Lipinski definition) is 6. The van der Waals surface area contributed by atoms with Gasteiger partial charge in [-0.15, -0.1) is 0 Å². The molecular formula is C39H73NO12S. The summed E-state index contributed by atoms with van der Waals surface area (Å²) in [6.45, 7) is 20.1. The van der Waals surface area contributed by atoms with Crippen LogP contribution in [-0.2, 0) is 33.2 Å². The molecule has 17 atom stereocenters. The largest absolute Gasteiger partial charge is 0.459 e. The third-order valence-electron chi connectivity index (χ3n) is 12.1. The number of thioether (sulfide) groups is 1. The van der Waals surface area contributed by atoms with Gasteiger partial charge in [0.15, 0.2) is 12.6 Å². The number of aliphatic hydroxyl groups excluding tert-OH is 2. The number of esters is 1. The van der Waals surface area contributed by atoms with Crippen molar-refractivity contribution in [2.45, 2.75) is 198 Å². The zero-order chi connectivity index (χ0) is 40.1. The molecule has 0 aromatic heterocycles. The number of hydrogen-bond acceptors (Lipinski definition) is 14. The van der Waals surface area contributed by atoms with Crippen molar-refractivity contribution in [3.63, 3.8) is 0 Å². The van der Waals surface area contributed by atoms with E-state index in [-0.39, 0.29) is 31.3 Å². The highest BCUT2D eigenvalue weighted by atomic mass is 32.2. The molecular weight excluding hydrogens is 706 g/mol.